The highest BCUT2D eigenvalue weighted by molar-refractivity contribution is 5.83. The van der Waals surface area contributed by atoms with E-state index >= 15 is 0 Å². The number of nitrogens with zero attached hydrogens (tertiary/aromatic N) is 3. The molecule has 0 N–H and O–H groups in total. The van der Waals surface area contributed by atoms with Crippen LogP contribution in [-0.2, 0) is 0 Å². The fourth-order valence-corrected chi connectivity index (χ4v) is 2.82. The zero-order chi connectivity index (χ0) is 15.3. The second kappa shape index (κ2) is 4.63. The summed E-state index contributed by atoms with van der Waals surface area (Å²) in [5.74, 6) is -0.245. The van der Waals surface area contributed by atoms with Gasteiger partial charge in [0.15, 0.2) is 0 Å². The molecule has 3 heterocycles. The summed E-state index contributed by atoms with van der Waals surface area (Å²) in [6, 6.07) is 12.5. The molecular weight excluding hydrogens is 277 g/mol. The molecule has 3 aromatic heterocycles. The molecular formula is C18H14FN3. The average Bonchev–Trinajstić information content (AvgIpc) is 2.92. The van der Waals surface area contributed by atoms with Crippen LogP contribution in [0.15, 0.2) is 48.7 Å². The summed E-state index contributed by atoms with van der Waals surface area (Å²) in [6.45, 7) is 4.07. The number of aromatic nitrogens is 3. The van der Waals surface area contributed by atoms with E-state index in [0.29, 0.717) is 0 Å². The number of hydrogen-bond acceptors (Lipinski definition) is 2. The number of pyridine rings is 2. The number of imidazole rings is 1. The Labute approximate surface area is 127 Å². The van der Waals surface area contributed by atoms with Gasteiger partial charge in [-0.3, -0.25) is 4.40 Å². The Morgan fingerprint density at radius 2 is 1.73 bits per heavy atom. The van der Waals surface area contributed by atoms with Gasteiger partial charge in [0.25, 0.3) is 0 Å². The first kappa shape index (κ1) is 13.0. The lowest BCUT2D eigenvalue weighted by Gasteiger charge is -2.05. The van der Waals surface area contributed by atoms with Crippen molar-refractivity contribution >= 4 is 16.7 Å². The molecule has 0 aliphatic rings. The molecule has 0 saturated heterocycles. The third-order valence-electron chi connectivity index (χ3n) is 3.87. The number of fused-ring (bicyclic) bond motifs is 3. The predicted molar refractivity (Wildman–Crippen MR) is 85.4 cm³/mol. The van der Waals surface area contributed by atoms with E-state index in [-0.39, 0.29) is 5.82 Å². The molecule has 0 aliphatic carbocycles. The van der Waals surface area contributed by atoms with Gasteiger partial charge < -0.3 is 0 Å². The van der Waals surface area contributed by atoms with E-state index in [9.17, 15) is 4.39 Å². The van der Waals surface area contributed by atoms with Crippen molar-refractivity contribution in [2.75, 3.05) is 0 Å². The van der Waals surface area contributed by atoms with E-state index in [1.54, 1.807) is 12.1 Å². The van der Waals surface area contributed by atoms with Gasteiger partial charge in [-0.25, -0.2) is 14.4 Å². The Morgan fingerprint density at radius 3 is 2.50 bits per heavy atom. The molecule has 108 valence electrons. The van der Waals surface area contributed by atoms with E-state index in [2.05, 4.69) is 23.0 Å². The molecule has 22 heavy (non-hydrogen) atoms. The van der Waals surface area contributed by atoms with Crippen molar-refractivity contribution in [3.05, 3.63) is 65.7 Å². The number of halogens is 1. The number of rotatable bonds is 1. The van der Waals surface area contributed by atoms with Gasteiger partial charge in [-0.2, -0.15) is 0 Å². The summed E-state index contributed by atoms with van der Waals surface area (Å²) in [5, 5.41) is 1.11. The topological polar surface area (TPSA) is 30.2 Å². The monoisotopic (exact) mass is 291 g/mol. The smallest absolute Gasteiger partial charge is 0.146 e. The van der Waals surface area contributed by atoms with Gasteiger partial charge in [-0.1, -0.05) is 0 Å². The molecule has 3 nitrogen and oxygen atoms in total. The van der Waals surface area contributed by atoms with E-state index in [1.165, 1.54) is 17.7 Å². The molecule has 0 radical (unpaired) electrons. The summed E-state index contributed by atoms with van der Waals surface area (Å²) in [4.78, 5) is 9.27. The first-order valence-corrected chi connectivity index (χ1v) is 7.14. The molecule has 0 aliphatic heterocycles. The molecule has 4 aromatic rings. The molecule has 1 aromatic carbocycles. The number of aryl methyl sites for hydroxylation is 2. The van der Waals surface area contributed by atoms with Crippen LogP contribution in [0.4, 0.5) is 4.39 Å². The highest BCUT2D eigenvalue weighted by Crippen LogP contribution is 2.24. The van der Waals surface area contributed by atoms with Crippen LogP contribution in [0.25, 0.3) is 27.9 Å². The van der Waals surface area contributed by atoms with Crippen LogP contribution in [0.1, 0.15) is 11.3 Å². The van der Waals surface area contributed by atoms with Gasteiger partial charge in [0.05, 0.1) is 5.69 Å². The van der Waals surface area contributed by atoms with Gasteiger partial charge in [0, 0.05) is 22.8 Å². The second-order valence-corrected chi connectivity index (χ2v) is 5.51. The summed E-state index contributed by atoms with van der Waals surface area (Å²) in [7, 11) is 0. The molecule has 0 saturated carbocycles. The summed E-state index contributed by atoms with van der Waals surface area (Å²) in [6.07, 6.45) is 1.96. The lowest BCUT2D eigenvalue weighted by Crippen LogP contribution is -1.94. The van der Waals surface area contributed by atoms with Crippen molar-refractivity contribution in [2.45, 2.75) is 13.8 Å². The summed E-state index contributed by atoms with van der Waals surface area (Å²) >= 11 is 0. The first-order valence-electron chi connectivity index (χ1n) is 7.14. The lowest BCUT2D eigenvalue weighted by atomic mass is 10.1. The molecule has 0 atom stereocenters. The predicted octanol–water partition coefficient (Wildman–Crippen LogP) is 4.31. The third kappa shape index (κ3) is 1.96. The maximum Gasteiger partial charge on any atom is 0.146 e. The molecule has 0 amide bonds. The largest absolute Gasteiger partial charge is 0.283 e. The van der Waals surface area contributed by atoms with Crippen LogP contribution >= 0.6 is 0 Å². The van der Waals surface area contributed by atoms with Crippen LogP contribution in [0.2, 0.25) is 0 Å². The van der Waals surface area contributed by atoms with Crippen molar-refractivity contribution in [1.82, 2.24) is 14.4 Å². The molecule has 0 unspecified atom stereocenters. The fourth-order valence-electron chi connectivity index (χ4n) is 2.82. The SMILES string of the molecule is Cc1cc(C)c2ccc3nc(-c4ccc(F)cc4)cn3c2n1. The minimum atomic E-state index is -0.245. The number of benzene rings is 1. The maximum absolute atomic E-state index is 13.1. The number of hydrogen-bond donors (Lipinski definition) is 0. The average molecular weight is 291 g/mol. The second-order valence-electron chi connectivity index (χ2n) is 5.51. The van der Waals surface area contributed by atoms with Crippen molar-refractivity contribution in [3.8, 4) is 11.3 Å². The van der Waals surface area contributed by atoms with E-state index in [4.69, 9.17) is 0 Å². The molecule has 4 rings (SSSR count). The first-order chi connectivity index (χ1) is 10.6. The minimum Gasteiger partial charge on any atom is -0.283 e. The van der Waals surface area contributed by atoms with Crippen molar-refractivity contribution < 1.29 is 4.39 Å². The van der Waals surface area contributed by atoms with Gasteiger partial charge in [0.2, 0.25) is 0 Å². The minimum absolute atomic E-state index is 0.245. The zero-order valence-electron chi connectivity index (χ0n) is 12.3. The van der Waals surface area contributed by atoms with Crippen LogP contribution in [0.5, 0.6) is 0 Å². The van der Waals surface area contributed by atoms with Gasteiger partial charge in [0.1, 0.15) is 17.1 Å². The Morgan fingerprint density at radius 1 is 0.955 bits per heavy atom. The molecule has 4 heteroatoms. The van der Waals surface area contributed by atoms with Crippen molar-refractivity contribution in [2.24, 2.45) is 0 Å². The zero-order valence-corrected chi connectivity index (χ0v) is 12.3. The quantitative estimate of drug-likeness (QED) is 0.523. The third-order valence-corrected chi connectivity index (χ3v) is 3.87. The Bertz CT molecular complexity index is 1000. The molecule has 0 fully saturated rings. The van der Waals surface area contributed by atoms with E-state index in [0.717, 1.165) is 33.6 Å². The van der Waals surface area contributed by atoms with E-state index in [1.807, 2.05) is 29.7 Å². The van der Waals surface area contributed by atoms with Gasteiger partial charge >= 0.3 is 0 Å². The van der Waals surface area contributed by atoms with Gasteiger partial charge in [-0.15, -0.1) is 0 Å². The van der Waals surface area contributed by atoms with Crippen LogP contribution in [-0.4, -0.2) is 14.4 Å². The van der Waals surface area contributed by atoms with Crippen molar-refractivity contribution in [3.63, 3.8) is 0 Å². The Kier molecular flexibility index (Phi) is 2.73. The van der Waals surface area contributed by atoms with E-state index < -0.39 is 0 Å². The normalized spacial score (nSPS) is 11.4. The van der Waals surface area contributed by atoms with Crippen molar-refractivity contribution in [1.29, 1.82) is 0 Å². The fraction of sp³-hybridized carbons (Fsp3) is 0.111. The van der Waals surface area contributed by atoms with Gasteiger partial charge in [-0.05, 0) is 61.9 Å². The van der Waals surface area contributed by atoms with Crippen LogP contribution < -0.4 is 0 Å². The molecule has 0 spiro atoms. The Balaban J connectivity index is 2.01. The maximum atomic E-state index is 13.1. The Hall–Kier alpha value is -2.75. The summed E-state index contributed by atoms with van der Waals surface area (Å²) in [5.41, 5.74) is 5.62. The van der Waals surface area contributed by atoms with Crippen LogP contribution in [0, 0.1) is 19.7 Å². The summed E-state index contributed by atoms with van der Waals surface area (Å²) < 4.78 is 15.1. The van der Waals surface area contributed by atoms with Crippen LogP contribution in [0.3, 0.4) is 0 Å². The lowest BCUT2D eigenvalue weighted by molar-refractivity contribution is 0.628. The highest BCUT2D eigenvalue weighted by atomic mass is 19.1. The standard InChI is InChI=1S/C18H14FN3/c1-11-9-12(2)20-18-15(11)7-8-17-21-16(10-22(17)18)13-3-5-14(19)6-4-13/h3-10H,1-2H3. The molecule has 0 bridgehead atoms. The highest BCUT2D eigenvalue weighted by Gasteiger charge is 2.09.